The average Bonchev–Trinajstić information content (AvgIpc) is 2.95. The van der Waals surface area contributed by atoms with Gasteiger partial charge in [0.2, 0.25) is 0 Å². The maximum Gasteiger partial charge on any atom is 0.393 e. The number of phenolic OH excluding ortho intramolecular Hbond substituents is 1. The van der Waals surface area contributed by atoms with E-state index in [-0.39, 0.29) is 22.4 Å². The monoisotopic (exact) mass is 369 g/mol. The van der Waals surface area contributed by atoms with Crippen molar-refractivity contribution in [1.82, 2.24) is 25.1 Å². The number of halogens is 4. The molecule has 0 bridgehead atoms. The number of fused-ring (bicyclic) bond motifs is 1. The number of aromatic nitrogens is 4. The number of aromatic hydroxyl groups is 1. The molecular formula is C15H11F4N5O2. The van der Waals surface area contributed by atoms with E-state index in [2.05, 4.69) is 20.4 Å². The van der Waals surface area contributed by atoms with Gasteiger partial charge in [-0.25, -0.2) is 19.0 Å². The number of carbonyl (C=O) groups excluding carboxylic acids is 1. The van der Waals surface area contributed by atoms with E-state index >= 15 is 0 Å². The van der Waals surface area contributed by atoms with Crippen LogP contribution in [0.25, 0.3) is 16.7 Å². The fraction of sp³-hybridized carbons (Fsp3) is 0.200. The minimum atomic E-state index is -4.61. The predicted molar refractivity (Wildman–Crippen MR) is 81.4 cm³/mol. The molecule has 136 valence electrons. The second kappa shape index (κ2) is 6.24. The van der Waals surface area contributed by atoms with Crippen molar-refractivity contribution in [3.05, 3.63) is 41.7 Å². The molecule has 0 fully saturated rings. The van der Waals surface area contributed by atoms with Gasteiger partial charge in [-0.3, -0.25) is 4.79 Å². The standard InChI is InChI=1S/C15H11F4N5O2/c1-20-14(26)12-8-5-21-6-22-13(8)24(23-12)10-3-9(16)11(25)2-7(10)4-15(17,18)19/h2-3,5-6,25H,4H2,1H3,(H,20,26). The number of phenols is 1. The van der Waals surface area contributed by atoms with Crippen LogP contribution in [0.2, 0.25) is 0 Å². The quantitative estimate of drug-likeness (QED) is 0.690. The second-order valence-corrected chi connectivity index (χ2v) is 5.32. The summed E-state index contributed by atoms with van der Waals surface area (Å²) in [6, 6.07) is 1.38. The molecule has 3 aromatic rings. The molecule has 0 atom stereocenters. The molecule has 2 heterocycles. The molecule has 1 aromatic carbocycles. The normalized spacial score (nSPS) is 11.7. The van der Waals surface area contributed by atoms with Gasteiger partial charge >= 0.3 is 6.18 Å². The summed E-state index contributed by atoms with van der Waals surface area (Å²) >= 11 is 0. The molecule has 26 heavy (non-hydrogen) atoms. The summed E-state index contributed by atoms with van der Waals surface area (Å²) < 4.78 is 53.4. The predicted octanol–water partition coefficient (Wildman–Crippen LogP) is 2.12. The van der Waals surface area contributed by atoms with E-state index in [9.17, 15) is 27.5 Å². The van der Waals surface area contributed by atoms with E-state index in [4.69, 9.17) is 0 Å². The lowest BCUT2D eigenvalue weighted by Gasteiger charge is -2.13. The number of hydrogen-bond donors (Lipinski definition) is 2. The molecule has 0 spiro atoms. The smallest absolute Gasteiger partial charge is 0.393 e. The zero-order valence-electron chi connectivity index (χ0n) is 13.2. The molecule has 11 heteroatoms. The number of nitrogens with zero attached hydrogens (tertiary/aromatic N) is 4. The molecule has 0 aliphatic rings. The van der Waals surface area contributed by atoms with Gasteiger partial charge < -0.3 is 10.4 Å². The highest BCUT2D eigenvalue weighted by Gasteiger charge is 2.31. The number of benzene rings is 1. The molecule has 1 amide bonds. The molecule has 7 nitrogen and oxygen atoms in total. The first-order chi connectivity index (χ1) is 12.2. The maximum atomic E-state index is 13.8. The summed E-state index contributed by atoms with van der Waals surface area (Å²) in [6.07, 6.45) is -3.65. The largest absolute Gasteiger partial charge is 0.505 e. The average molecular weight is 369 g/mol. The highest BCUT2D eigenvalue weighted by molar-refractivity contribution is 6.04. The van der Waals surface area contributed by atoms with Gasteiger partial charge in [0, 0.05) is 19.3 Å². The Bertz CT molecular complexity index is 1000. The van der Waals surface area contributed by atoms with Crippen LogP contribution < -0.4 is 5.32 Å². The highest BCUT2D eigenvalue weighted by atomic mass is 19.4. The Kier molecular flexibility index (Phi) is 4.22. The number of hydrogen-bond acceptors (Lipinski definition) is 5. The van der Waals surface area contributed by atoms with Crippen molar-refractivity contribution in [2.75, 3.05) is 7.05 Å². The first-order valence-corrected chi connectivity index (χ1v) is 7.20. The van der Waals surface area contributed by atoms with Gasteiger partial charge in [-0.05, 0) is 11.6 Å². The SMILES string of the molecule is CNC(=O)c1nn(-c2cc(F)c(O)cc2CC(F)(F)F)c2ncncc12. The third-order valence-corrected chi connectivity index (χ3v) is 3.56. The van der Waals surface area contributed by atoms with E-state index in [0.29, 0.717) is 12.1 Å². The van der Waals surface area contributed by atoms with Crippen LogP contribution in [0.3, 0.4) is 0 Å². The first kappa shape index (κ1) is 17.6. The van der Waals surface area contributed by atoms with Crippen molar-refractivity contribution >= 4 is 16.9 Å². The van der Waals surface area contributed by atoms with Crippen molar-refractivity contribution in [2.24, 2.45) is 0 Å². The summed E-state index contributed by atoms with van der Waals surface area (Å²) in [7, 11) is 1.35. The van der Waals surface area contributed by atoms with Gasteiger partial charge in [-0.2, -0.15) is 18.3 Å². The number of alkyl halides is 3. The van der Waals surface area contributed by atoms with Crippen LogP contribution in [0, 0.1) is 5.82 Å². The number of rotatable bonds is 3. The summed E-state index contributed by atoms with van der Waals surface area (Å²) in [5.74, 6) is -2.67. The molecule has 2 aromatic heterocycles. The summed E-state index contributed by atoms with van der Waals surface area (Å²) in [5.41, 5.74) is -0.832. The van der Waals surface area contributed by atoms with E-state index in [1.807, 2.05) is 0 Å². The van der Waals surface area contributed by atoms with Gasteiger partial charge in [0.05, 0.1) is 17.5 Å². The van der Waals surface area contributed by atoms with E-state index in [0.717, 1.165) is 11.0 Å². The van der Waals surface area contributed by atoms with Crippen molar-refractivity contribution < 1.29 is 27.5 Å². The molecule has 0 radical (unpaired) electrons. The Morgan fingerprint density at radius 3 is 2.73 bits per heavy atom. The summed E-state index contributed by atoms with van der Waals surface area (Å²) in [4.78, 5) is 19.7. The zero-order valence-corrected chi connectivity index (χ0v) is 13.2. The highest BCUT2D eigenvalue weighted by Crippen LogP contribution is 2.31. The van der Waals surface area contributed by atoms with Gasteiger partial charge in [-0.15, -0.1) is 0 Å². The zero-order chi connectivity index (χ0) is 19.1. The van der Waals surface area contributed by atoms with Crippen LogP contribution >= 0.6 is 0 Å². The first-order valence-electron chi connectivity index (χ1n) is 7.20. The van der Waals surface area contributed by atoms with E-state index < -0.39 is 35.6 Å². The van der Waals surface area contributed by atoms with Crippen molar-refractivity contribution in [1.29, 1.82) is 0 Å². The van der Waals surface area contributed by atoms with Crippen LogP contribution in [-0.4, -0.2) is 44.0 Å². The number of amides is 1. The lowest BCUT2D eigenvalue weighted by atomic mass is 10.1. The third kappa shape index (κ3) is 3.15. The van der Waals surface area contributed by atoms with Crippen LogP contribution in [0.15, 0.2) is 24.7 Å². The third-order valence-electron chi connectivity index (χ3n) is 3.56. The Balaban J connectivity index is 2.30. The maximum absolute atomic E-state index is 13.8. The van der Waals surface area contributed by atoms with Crippen molar-refractivity contribution in [3.8, 4) is 11.4 Å². The molecule has 0 saturated heterocycles. The lowest BCUT2D eigenvalue weighted by Crippen LogP contribution is -2.19. The van der Waals surface area contributed by atoms with Crippen molar-refractivity contribution in [3.63, 3.8) is 0 Å². The van der Waals surface area contributed by atoms with Gasteiger partial charge in [-0.1, -0.05) is 0 Å². The number of carbonyl (C=O) groups is 1. The molecule has 0 unspecified atom stereocenters. The van der Waals surface area contributed by atoms with Crippen LogP contribution in [0.4, 0.5) is 17.6 Å². The van der Waals surface area contributed by atoms with Gasteiger partial charge in [0.1, 0.15) is 6.33 Å². The van der Waals surface area contributed by atoms with Gasteiger partial charge in [0.25, 0.3) is 5.91 Å². The number of nitrogens with one attached hydrogen (secondary N) is 1. The molecule has 2 N–H and O–H groups in total. The van der Waals surface area contributed by atoms with Gasteiger partial charge in [0.15, 0.2) is 22.9 Å². The second-order valence-electron chi connectivity index (χ2n) is 5.32. The Morgan fingerprint density at radius 2 is 2.08 bits per heavy atom. The minimum Gasteiger partial charge on any atom is -0.505 e. The fourth-order valence-electron chi connectivity index (χ4n) is 2.46. The topological polar surface area (TPSA) is 92.9 Å². The molecular weight excluding hydrogens is 358 g/mol. The molecule has 3 rings (SSSR count). The van der Waals surface area contributed by atoms with E-state index in [1.165, 1.54) is 13.2 Å². The summed E-state index contributed by atoms with van der Waals surface area (Å²) in [6.45, 7) is 0. The summed E-state index contributed by atoms with van der Waals surface area (Å²) in [5, 5.41) is 16.0. The fourth-order valence-corrected chi connectivity index (χ4v) is 2.46. The van der Waals surface area contributed by atoms with Crippen LogP contribution in [0.5, 0.6) is 5.75 Å². The molecule has 0 aliphatic heterocycles. The Labute approximate surface area is 143 Å². The van der Waals surface area contributed by atoms with E-state index in [1.54, 1.807) is 0 Å². The molecule has 0 aliphatic carbocycles. The minimum absolute atomic E-state index is 0.0205. The Morgan fingerprint density at radius 1 is 1.35 bits per heavy atom. The van der Waals surface area contributed by atoms with Crippen LogP contribution in [-0.2, 0) is 6.42 Å². The van der Waals surface area contributed by atoms with Crippen LogP contribution in [0.1, 0.15) is 16.1 Å². The van der Waals surface area contributed by atoms with Crippen molar-refractivity contribution in [2.45, 2.75) is 12.6 Å². The lowest BCUT2D eigenvalue weighted by molar-refractivity contribution is -0.127. The molecule has 0 saturated carbocycles. The Hall–Kier alpha value is -3.24.